The number of amides is 4. The Morgan fingerprint density at radius 2 is 1.45 bits per heavy atom. The molecule has 0 spiro atoms. The first-order valence-electron chi connectivity index (χ1n) is 7.38. The minimum atomic E-state index is -1.09. The number of imide groups is 2. The lowest BCUT2D eigenvalue weighted by Gasteiger charge is -2.48. The molecule has 0 N–H and O–H groups in total. The Kier molecular flexibility index (Phi) is 4.62. The largest absolute Gasteiger partial charge is 0.333 e. The van der Waals surface area contributed by atoms with Crippen molar-refractivity contribution in [2.45, 2.75) is 66.3 Å². The molecule has 0 aromatic heterocycles. The van der Waals surface area contributed by atoms with E-state index in [1.165, 1.54) is 9.80 Å². The van der Waals surface area contributed by atoms with Gasteiger partial charge in [0.25, 0.3) is 0 Å². The molecule has 5 heteroatoms. The Morgan fingerprint density at radius 3 is 1.80 bits per heavy atom. The number of urea groups is 1. The third kappa shape index (κ3) is 2.34. The number of rotatable bonds is 4. The Bertz CT molecular complexity index is 419. The fourth-order valence-electron chi connectivity index (χ4n) is 2.73. The fraction of sp³-hybridized carbons (Fsp3) is 0.800. The van der Waals surface area contributed by atoms with E-state index < -0.39 is 17.0 Å². The molecule has 0 aromatic carbocycles. The van der Waals surface area contributed by atoms with E-state index in [1.807, 2.05) is 41.5 Å². The van der Waals surface area contributed by atoms with E-state index in [-0.39, 0.29) is 11.8 Å². The van der Waals surface area contributed by atoms with Gasteiger partial charge in [0.1, 0.15) is 5.41 Å². The summed E-state index contributed by atoms with van der Waals surface area (Å²) in [6.07, 6.45) is 1.52. The van der Waals surface area contributed by atoms with Crippen LogP contribution in [0.15, 0.2) is 0 Å². The van der Waals surface area contributed by atoms with Crippen LogP contribution in [0.25, 0.3) is 0 Å². The number of barbiturate groups is 1. The quantitative estimate of drug-likeness (QED) is 0.745. The average molecular weight is 282 g/mol. The SMILES string of the molecule is CCCN1C(=O)N(C(C)(C)C)C(=O)C(CC)(CC)C1=O. The van der Waals surface area contributed by atoms with Crippen molar-refractivity contribution in [2.75, 3.05) is 6.54 Å². The smallest absolute Gasteiger partial charge is 0.273 e. The van der Waals surface area contributed by atoms with Crippen molar-refractivity contribution in [1.29, 1.82) is 0 Å². The molecule has 1 saturated heterocycles. The highest BCUT2D eigenvalue weighted by Gasteiger charge is 2.57. The van der Waals surface area contributed by atoms with E-state index in [4.69, 9.17) is 0 Å². The van der Waals surface area contributed by atoms with Crippen LogP contribution in [0, 0.1) is 5.41 Å². The van der Waals surface area contributed by atoms with Crippen LogP contribution in [0.1, 0.15) is 60.8 Å². The van der Waals surface area contributed by atoms with Crippen LogP contribution in [-0.2, 0) is 9.59 Å². The van der Waals surface area contributed by atoms with Crippen LogP contribution in [0.5, 0.6) is 0 Å². The van der Waals surface area contributed by atoms with Gasteiger partial charge in [-0.05, 0) is 40.0 Å². The Hall–Kier alpha value is -1.39. The third-order valence-corrected chi connectivity index (χ3v) is 4.01. The normalized spacial score (nSPS) is 19.8. The van der Waals surface area contributed by atoms with E-state index in [0.717, 1.165) is 0 Å². The third-order valence-electron chi connectivity index (χ3n) is 4.01. The van der Waals surface area contributed by atoms with Gasteiger partial charge in [0, 0.05) is 12.1 Å². The maximum Gasteiger partial charge on any atom is 0.333 e. The molecule has 0 unspecified atom stereocenters. The van der Waals surface area contributed by atoms with E-state index in [2.05, 4.69) is 0 Å². The van der Waals surface area contributed by atoms with Gasteiger partial charge in [0.2, 0.25) is 11.8 Å². The van der Waals surface area contributed by atoms with Gasteiger partial charge in [-0.25, -0.2) is 4.79 Å². The molecular formula is C15H26N2O3. The van der Waals surface area contributed by atoms with Gasteiger partial charge in [0.05, 0.1) is 0 Å². The summed E-state index contributed by atoms with van der Waals surface area (Å²) in [4.78, 5) is 40.5. The second kappa shape index (κ2) is 5.54. The predicted octanol–water partition coefficient (Wildman–Crippen LogP) is 2.79. The molecule has 0 atom stereocenters. The van der Waals surface area contributed by atoms with Crippen LogP contribution in [0.4, 0.5) is 4.79 Å². The van der Waals surface area contributed by atoms with Gasteiger partial charge >= 0.3 is 6.03 Å². The zero-order valence-electron chi connectivity index (χ0n) is 13.4. The van der Waals surface area contributed by atoms with Gasteiger partial charge in [-0.3, -0.25) is 19.4 Å². The van der Waals surface area contributed by atoms with Crippen LogP contribution >= 0.6 is 0 Å². The highest BCUT2D eigenvalue weighted by Crippen LogP contribution is 2.38. The van der Waals surface area contributed by atoms with Crippen LogP contribution in [0.2, 0.25) is 0 Å². The topological polar surface area (TPSA) is 57.7 Å². The molecule has 1 fully saturated rings. The van der Waals surface area contributed by atoms with Gasteiger partial charge in [-0.1, -0.05) is 20.8 Å². The molecule has 1 aliphatic heterocycles. The molecule has 20 heavy (non-hydrogen) atoms. The summed E-state index contributed by atoms with van der Waals surface area (Å²) < 4.78 is 0. The van der Waals surface area contributed by atoms with Gasteiger partial charge < -0.3 is 0 Å². The predicted molar refractivity (Wildman–Crippen MR) is 77.0 cm³/mol. The first kappa shape index (κ1) is 16.7. The number of carbonyl (C=O) groups is 3. The summed E-state index contributed by atoms with van der Waals surface area (Å²) in [6.45, 7) is 11.4. The molecule has 0 bridgehead atoms. The molecule has 5 nitrogen and oxygen atoms in total. The van der Waals surface area contributed by atoms with Crippen molar-refractivity contribution >= 4 is 17.8 Å². The maximum atomic E-state index is 12.8. The minimum absolute atomic E-state index is 0.333. The van der Waals surface area contributed by atoms with Crippen LogP contribution in [-0.4, -0.2) is 39.7 Å². The molecule has 0 radical (unpaired) electrons. The van der Waals surface area contributed by atoms with Crippen molar-refractivity contribution in [3.05, 3.63) is 0 Å². The second-order valence-corrected chi connectivity index (χ2v) is 6.34. The second-order valence-electron chi connectivity index (χ2n) is 6.34. The van der Waals surface area contributed by atoms with Crippen molar-refractivity contribution in [3.8, 4) is 0 Å². The number of hydrogen-bond acceptors (Lipinski definition) is 3. The Balaban J connectivity index is 3.40. The molecule has 0 saturated carbocycles. The van der Waals surface area contributed by atoms with E-state index >= 15 is 0 Å². The lowest BCUT2D eigenvalue weighted by molar-refractivity contribution is -0.162. The molecule has 0 aromatic rings. The molecular weight excluding hydrogens is 256 g/mol. The number of nitrogens with zero attached hydrogens (tertiary/aromatic N) is 2. The highest BCUT2D eigenvalue weighted by atomic mass is 16.2. The Labute approximate surface area is 121 Å². The van der Waals surface area contributed by atoms with Crippen LogP contribution in [0.3, 0.4) is 0 Å². The zero-order chi connectivity index (χ0) is 15.7. The summed E-state index contributed by atoms with van der Waals surface area (Å²) >= 11 is 0. The standard InChI is InChI=1S/C15H26N2O3/c1-7-10-16-11(18)15(8-2,9-3)12(19)17(13(16)20)14(4,5)6/h7-10H2,1-6H3. The van der Waals surface area contributed by atoms with E-state index in [1.54, 1.807) is 0 Å². The minimum Gasteiger partial charge on any atom is -0.273 e. The lowest BCUT2D eigenvalue weighted by atomic mass is 9.77. The summed E-state index contributed by atoms with van der Waals surface area (Å²) in [7, 11) is 0. The van der Waals surface area contributed by atoms with Crippen molar-refractivity contribution in [1.82, 2.24) is 9.80 Å². The summed E-state index contributed by atoms with van der Waals surface area (Å²) in [5, 5.41) is 0. The average Bonchev–Trinajstić information content (AvgIpc) is 2.34. The van der Waals surface area contributed by atoms with E-state index in [9.17, 15) is 14.4 Å². The number of hydrogen-bond donors (Lipinski definition) is 0. The molecule has 1 aliphatic rings. The van der Waals surface area contributed by atoms with Gasteiger partial charge in [-0.15, -0.1) is 0 Å². The van der Waals surface area contributed by atoms with Crippen molar-refractivity contribution in [3.63, 3.8) is 0 Å². The van der Waals surface area contributed by atoms with E-state index in [0.29, 0.717) is 25.8 Å². The summed E-state index contributed by atoms with van der Waals surface area (Å²) in [5.74, 6) is -0.683. The summed E-state index contributed by atoms with van der Waals surface area (Å²) in [5.41, 5.74) is -1.72. The summed E-state index contributed by atoms with van der Waals surface area (Å²) in [6, 6.07) is -0.480. The van der Waals surface area contributed by atoms with Crippen molar-refractivity contribution < 1.29 is 14.4 Å². The first-order valence-corrected chi connectivity index (χ1v) is 7.38. The first-order chi connectivity index (χ1) is 9.17. The van der Waals surface area contributed by atoms with Crippen LogP contribution < -0.4 is 0 Å². The monoisotopic (exact) mass is 282 g/mol. The number of carbonyl (C=O) groups excluding carboxylic acids is 3. The molecule has 1 rings (SSSR count). The zero-order valence-corrected chi connectivity index (χ0v) is 13.4. The Morgan fingerprint density at radius 1 is 0.950 bits per heavy atom. The maximum absolute atomic E-state index is 12.8. The lowest BCUT2D eigenvalue weighted by Crippen LogP contribution is -2.68. The molecule has 4 amide bonds. The molecule has 1 heterocycles. The highest BCUT2D eigenvalue weighted by molar-refractivity contribution is 6.19. The van der Waals surface area contributed by atoms with Gasteiger partial charge in [0.15, 0.2) is 0 Å². The molecule has 0 aliphatic carbocycles. The molecule has 114 valence electrons. The fourth-order valence-corrected chi connectivity index (χ4v) is 2.73. The van der Waals surface area contributed by atoms with Crippen molar-refractivity contribution in [2.24, 2.45) is 5.41 Å². The van der Waals surface area contributed by atoms with Gasteiger partial charge in [-0.2, -0.15) is 0 Å².